The zero-order valence-corrected chi connectivity index (χ0v) is 18.1. The smallest absolute Gasteiger partial charge is 0.196 e. The van der Waals surface area contributed by atoms with Crippen LogP contribution in [-0.4, -0.2) is 54.7 Å². The molecule has 1 saturated heterocycles. The highest BCUT2D eigenvalue weighted by atomic mass is 16.5. The molecule has 0 aliphatic carbocycles. The van der Waals surface area contributed by atoms with E-state index in [1.54, 1.807) is 12.1 Å². The summed E-state index contributed by atoms with van der Waals surface area (Å²) in [5.41, 5.74) is 3.09. The van der Waals surface area contributed by atoms with Crippen LogP contribution in [0.5, 0.6) is 5.75 Å². The summed E-state index contributed by atoms with van der Waals surface area (Å²) in [7, 11) is 0. The number of carbonyl (C=O) groups is 1. The number of rotatable bonds is 4. The Kier molecular flexibility index (Phi) is 4.22. The molecule has 0 amide bonds. The average Bonchev–Trinajstić information content (AvgIpc) is 3.14. The summed E-state index contributed by atoms with van der Waals surface area (Å²) < 4.78 is 30.3. The molecule has 1 fully saturated rings. The lowest BCUT2D eigenvalue weighted by atomic mass is 9.95. The normalized spacial score (nSPS) is 19.6. The Morgan fingerprint density at radius 1 is 1.09 bits per heavy atom. The first-order valence-electron chi connectivity index (χ1n) is 12.1. The number of hydrogen-bond acceptors (Lipinski definition) is 4. The summed E-state index contributed by atoms with van der Waals surface area (Å²) in [5.74, 6) is 0.721. The maximum absolute atomic E-state index is 14.1. The Morgan fingerprint density at radius 2 is 1.94 bits per heavy atom. The minimum atomic E-state index is -0.0824. The molecule has 2 aliphatic heterocycles. The van der Waals surface area contributed by atoms with Crippen molar-refractivity contribution < 1.29 is 17.0 Å². The molecule has 4 aromatic rings. The van der Waals surface area contributed by atoms with Gasteiger partial charge in [0.05, 0.1) is 33.1 Å². The van der Waals surface area contributed by atoms with E-state index >= 15 is 0 Å². The highest BCUT2D eigenvalue weighted by molar-refractivity contribution is 6.22. The first-order chi connectivity index (χ1) is 16.5. The molecule has 1 atom stereocenters. The van der Waals surface area contributed by atoms with Gasteiger partial charge in [0, 0.05) is 36.3 Å². The highest BCUT2D eigenvalue weighted by Crippen LogP contribution is 2.40. The number of aromatic nitrogens is 1. The van der Waals surface area contributed by atoms with E-state index in [0.717, 1.165) is 55.2 Å². The van der Waals surface area contributed by atoms with Gasteiger partial charge in [0.1, 0.15) is 12.4 Å². The van der Waals surface area contributed by atoms with Gasteiger partial charge in [-0.2, -0.15) is 0 Å². The minimum Gasteiger partial charge on any atom is -0.489 e. The molecule has 0 bridgehead atoms. The van der Waals surface area contributed by atoms with Gasteiger partial charge in [-0.3, -0.25) is 9.69 Å². The van der Waals surface area contributed by atoms with Crippen molar-refractivity contribution in [2.75, 3.05) is 39.5 Å². The summed E-state index contributed by atoms with van der Waals surface area (Å²) in [6.07, 6.45) is 0. The largest absolute Gasteiger partial charge is 0.489 e. The Hall–Kier alpha value is -3.15. The SMILES string of the molecule is [3H]c1cc([3H])c2cccc(C(=O)c3c(C)n4c5c(cccc35)OC[C@H]4CN3CCOCC3)c2c1. The van der Waals surface area contributed by atoms with Gasteiger partial charge in [-0.05, 0) is 23.8 Å². The van der Waals surface area contributed by atoms with Gasteiger partial charge >= 0.3 is 0 Å². The molecule has 0 radical (unpaired) electrons. The molecule has 3 heterocycles. The molecule has 32 heavy (non-hydrogen) atoms. The predicted octanol–water partition coefficient (Wildman–Crippen LogP) is 4.60. The van der Waals surface area contributed by atoms with Gasteiger partial charge in [-0.15, -0.1) is 0 Å². The zero-order valence-electron chi connectivity index (χ0n) is 20.1. The van der Waals surface area contributed by atoms with Crippen LogP contribution in [0.15, 0.2) is 60.6 Å². The second kappa shape index (κ2) is 7.76. The van der Waals surface area contributed by atoms with Gasteiger partial charge in [0.2, 0.25) is 0 Å². The van der Waals surface area contributed by atoms with E-state index in [4.69, 9.17) is 12.2 Å². The number of para-hydroxylation sites is 1. The summed E-state index contributed by atoms with van der Waals surface area (Å²) >= 11 is 0. The molecule has 0 unspecified atom stereocenters. The third-order valence-corrected chi connectivity index (χ3v) is 6.72. The standard InChI is InChI=1S/C27H26N2O3/c1-18-25(27(30)22-9-4-7-19-6-2-3-8-21(19)22)23-10-5-11-24-26(23)29(18)20(17-32-24)16-28-12-14-31-15-13-28/h2-11,20H,12-17H2,1H3/t20-/m1/s1/i3T,6T. The van der Waals surface area contributed by atoms with Crippen LogP contribution in [0.4, 0.5) is 0 Å². The number of ether oxygens (including phenoxy) is 2. The Morgan fingerprint density at radius 3 is 2.81 bits per heavy atom. The van der Waals surface area contributed by atoms with Crippen molar-refractivity contribution in [1.29, 1.82) is 0 Å². The molecule has 0 spiro atoms. The molecule has 1 aromatic heterocycles. The van der Waals surface area contributed by atoms with Crippen LogP contribution < -0.4 is 4.74 Å². The molecule has 2 aliphatic rings. The second-order valence-corrected chi connectivity index (χ2v) is 8.56. The van der Waals surface area contributed by atoms with Gasteiger partial charge in [-0.1, -0.05) is 54.5 Å². The third kappa shape index (κ3) is 3.04. The van der Waals surface area contributed by atoms with Gasteiger partial charge in [-0.25, -0.2) is 0 Å². The van der Waals surface area contributed by atoms with E-state index in [2.05, 4.69) is 9.47 Å². The van der Waals surface area contributed by atoms with Crippen molar-refractivity contribution in [3.8, 4) is 5.75 Å². The molecule has 0 N–H and O–H groups in total. The average molecular weight is 431 g/mol. The van der Waals surface area contributed by atoms with Crippen LogP contribution in [0, 0.1) is 6.92 Å². The Balaban J connectivity index is 1.51. The highest BCUT2D eigenvalue weighted by Gasteiger charge is 2.31. The molecular formula is C27H26N2O3. The lowest BCUT2D eigenvalue weighted by Crippen LogP contribution is -2.42. The van der Waals surface area contributed by atoms with E-state index in [0.29, 0.717) is 28.5 Å². The Bertz CT molecular complexity index is 1440. The summed E-state index contributed by atoms with van der Waals surface area (Å²) in [5, 5.41) is 2.22. The molecule has 5 nitrogen and oxygen atoms in total. The number of benzene rings is 3. The van der Waals surface area contributed by atoms with E-state index in [1.165, 1.54) is 6.07 Å². The van der Waals surface area contributed by atoms with Gasteiger partial charge in [0.25, 0.3) is 0 Å². The van der Waals surface area contributed by atoms with Crippen LogP contribution in [0.2, 0.25) is 0 Å². The quantitative estimate of drug-likeness (QED) is 0.444. The molecule has 162 valence electrons. The minimum absolute atomic E-state index is 0.0824. The van der Waals surface area contributed by atoms with Gasteiger partial charge < -0.3 is 14.0 Å². The fraction of sp³-hybridized carbons (Fsp3) is 0.296. The lowest BCUT2D eigenvalue weighted by molar-refractivity contribution is 0.0272. The van der Waals surface area contributed by atoms with Crippen LogP contribution in [0.25, 0.3) is 21.7 Å². The fourth-order valence-corrected chi connectivity index (χ4v) is 5.22. The van der Waals surface area contributed by atoms with Crippen LogP contribution in [0.1, 0.15) is 30.4 Å². The first-order valence-corrected chi connectivity index (χ1v) is 11.1. The first kappa shape index (κ1) is 17.4. The second-order valence-electron chi connectivity index (χ2n) is 8.56. The van der Waals surface area contributed by atoms with Crippen molar-refractivity contribution in [3.63, 3.8) is 0 Å². The topological polar surface area (TPSA) is 43.7 Å². The van der Waals surface area contributed by atoms with E-state index in [1.807, 2.05) is 37.3 Å². The molecule has 3 aromatic carbocycles. The molecule has 0 saturated carbocycles. The maximum Gasteiger partial charge on any atom is 0.196 e. The number of morpholine rings is 1. The zero-order chi connectivity index (χ0) is 23.4. The molecular weight excluding hydrogens is 400 g/mol. The van der Waals surface area contributed by atoms with Crippen LogP contribution in [-0.2, 0) is 4.74 Å². The van der Waals surface area contributed by atoms with Crippen molar-refractivity contribution in [3.05, 3.63) is 77.4 Å². The fourth-order valence-electron chi connectivity index (χ4n) is 5.22. The number of nitrogens with zero attached hydrogens (tertiary/aromatic N) is 2. The van der Waals surface area contributed by atoms with Crippen molar-refractivity contribution in [1.82, 2.24) is 9.47 Å². The van der Waals surface area contributed by atoms with Crippen LogP contribution >= 0.6 is 0 Å². The Labute approximate surface area is 190 Å². The third-order valence-electron chi connectivity index (χ3n) is 6.72. The molecule has 5 heteroatoms. The van der Waals surface area contributed by atoms with Gasteiger partial charge in [0.15, 0.2) is 5.78 Å². The number of hydrogen-bond donors (Lipinski definition) is 0. The van der Waals surface area contributed by atoms with E-state index in [-0.39, 0.29) is 23.9 Å². The number of ketones is 1. The maximum atomic E-state index is 14.1. The number of fused-ring (bicyclic) bond motifs is 1. The van der Waals surface area contributed by atoms with Crippen molar-refractivity contribution in [2.45, 2.75) is 13.0 Å². The predicted molar refractivity (Wildman–Crippen MR) is 126 cm³/mol. The van der Waals surface area contributed by atoms with E-state index < -0.39 is 0 Å². The summed E-state index contributed by atoms with van der Waals surface area (Å²) in [4.78, 5) is 16.5. The van der Waals surface area contributed by atoms with E-state index in [9.17, 15) is 4.79 Å². The van der Waals surface area contributed by atoms with Crippen LogP contribution in [0.3, 0.4) is 0 Å². The van der Waals surface area contributed by atoms with Crippen molar-refractivity contribution >= 4 is 27.5 Å². The summed E-state index contributed by atoms with van der Waals surface area (Å²) in [6, 6.07) is 15.1. The number of carbonyl (C=O) groups excluding carboxylic acids is 1. The monoisotopic (exact) mass is 430 g/mol. The lowest BCUT2D eigenvalue weighted by Gasteiger charge is -2.34. The molecule has 6 rings (SSSR count). The summed E-state index contributed by atoms with van der Waals surface area (Å²) in [6.45, 7) is 6.70. The van der Waals surface area contributed by atoms with Crippen molar-refractivity contribution in [2.24, 2.45) is 0 Å².